The lowest BCUT2D eigenvalue weighted by Gasteiger charge is -2.22. The average Bonchev–Trinajstić information content (AvgIpc) is 2.91. The van der Waals surface area contributed by atoms with Gasteiger partial charge in [0, 0.05) is 18.3 Å². The van der Waals surface area contributed by atoms with Gasteiger partial charge in [-0.2, -0.15) is 5.26 Å². The van der Waals surface area contributed by atoms with Crippen LogP contribution in [0.3, 0.4) is 0 Å². The van der Waals surface area contributed by atoms with Gasteiger partial charge in [-0.15, -0.1) is 0 Å². The van der Waals surface area contributed by atoms with E-state index in [0.717, 1.165) is 11.5 Å². The Bertz CT molecular complexity index is 751. The van der Waals surface area contributed by atoms with Gasteiger partial charge in [0.15, 0.2) is 0 Å². The molecule has 1 amide bonds. The fourth-order valence-electron chi connectivity index (χ4n) is 2.02. The van der Waals surface area contributed by atoms with Gasteiger partial charge in [-0.05, 0) is 39.1 Å². The lowest BCUT2D eigenvalue weighted by atomic mass is 10.2. The summed E-state index contributed by atoms with van der Waals surface area (Å²) in [6.07, 6.45) is 0. The van der Waals surface area contributed by atoms with Crippen molar-refractivity contribution in [2.75, 3.05) is 12.4 Å². The number of aryl methyl sites for hydroxylation is 1. The first kappa shape index (κ1) is 17.0. The minimum Gasteiger partial charge on any atom is -0.361 e. The highest BCUT2D eigenvalue weighted by molar-refractivity contribution is 6.32. The number of nitrogens with zero attached hydrogens (tertiary/aromatic N) is 3. The minimum atomic E-state index is -0.374. The maximum Gasteiger partial charge on any atom is 0.241 e. The van der Waals surface area contributed by atoms with E-state index in [4.69, 9.17) is 21.4 Å². The molecule has 0 saturated carbocycles. The van der Waals surface area contributed by atoms with Crippen LogP contribution in [0.15, 0.2) is 28.8 Å². The van der Waals surface area contributed by atoms with Crippen LogP contribution in [0.5, 0.6) is 0 Å². The number of benzene rings is 1. The summed E-state index contributed by atoms with van der Waals surface area (Å²) in [5, 5.41) is 15.9. The molecule has 1 N–H and O–H groups in total. The lowest BCUT2D eigenvalue weighted by molar-refractivity contribution is -0.120. The van der Waals surface area contributed by atoms with Crippen LogP contribution in [0, 0.1) is 18.3 Å². The highest BCUT2D eigenvalue weighted by atomic mass is 35.5. The average molecular weight is 333 g/mol. The van der Waals surface area contributed by atoms with Crippen molar-refractivity contribution in [3.05, 3.63) is 46.3 Å². The summed E-state index contributed by atoms with van der Waals surface area (Å²) in [5.41, 5.74) is 1.69. The third kappa shape index (κ3) is 4.31. The maximum atomic E-state index is 12.3. The van der Waals surface area contributed by atoms with E-state index in [1.165, 1.54) is 0 Å². The molecule has 0 fully saturated rings. The highest BCUT2D eigenvalue weighted by Crippen LogP contribution is 2.20. The zero-order valence-corrected chi connectivity index (χ0v) is 13.9. The van der Waals surface area contributed by atoms with Crippen LogP contribution in [0.1, 0.15) is 23.9 Å². The Morgan fingerprint density at radius 3 is 2.83 bits per heavy atom. The van der Waals surface area contributed by atoms with Crippen molar-refractivity contribution in [1.82, 2.24) is 10.1 Å². The maximum absolute atomic E-state index is 12.3. The van der Waals surface area contributed by atoms with Crippen molar-refractivity contribution in [2.24, 2.45) is 0 Å². The normalized spacial score (nSPS) is 12.0. The summed E-state index contributed by atoms with van der Waals surface area (Å²) in [6, 6.07) is 8.22. The standard InChI is InChI=1S/C16H17ClN4O2/c1-10-6-14(20-23-10)9-21(3)11(2)16(22)19-13-5-4-12(8-18)15(17)7-13/h4-7,11H,9H2,1-3H3,(H,19,22). The molecule has 1 aromatic carbocycles. The summed E-state index contributed by atoms with van der Waals surface area (Å²) >= 11 is 5.96. The minimum absolute atomic E-state index is 0.173. The first-order valence-corrected chi connectivity index (χ1v) is 7.41. The third-order valence-electron chi connectivity index (χ3n) is 3.49. The monoisotopic (exact) mass is 332 g/mol. The van der Waals surface area contributed by atoms with Crippen molar-refractivity contribution in [3.63, 3.8) is 0 Å². The number of nitriles is 1. The second kappa shape index (κ2) is 7.27. The molecule has 1 aromatic heterocycles. The summed E-state index contributed by atoms with van der Waals surface area (Å²) in [6.45, 7) is 4.12. The number of likely N-dealkylation sites (N-methyl/N-ethyl adjacent to an activating group) is 1. The molecule has 0 aliphatic heterocycles. The van der Waals surface area contributed by atoms with E-state index in [9.17, 15) is 4.79 Å². The molecular weight excluding hydrogens is 316 g/mol. The van der Waals surface area contributed by atoms with E-state index in [0.29, 0.717) is 22.8 Å². The first-order valence-electron chi connectivity index (χ1n) is 7.03. The first-order chi connectivity index (χ1) is 10.9. The molecule has 1 atom stereocenters. The van der Waals surface area contributed by atoms with Crippen molar-refractivity contribution < 1.29 is 9.32 Å². The van der Waals surface area contributed by atoms with Crippen molar-refractivity contribution in [3.8, 4) is 6.07 Å². The van der Waals surface area contributed by atoms with Crippen LogP contribution in [-0.2, 0) is 11.3 Å². The largest absolute Gasteiger partial charge is 0.361 e. The summed E-state index contributed by atoms with van der Waals surface area (Å²) in [7, 11) is 1.83. The number of carbonyl (C=O) groups excluding carboxylic acids is 1. The number of amides is 1. The molecule has 7 heteroatoms. The van der Waals surface area contributed by atoms with Crippen LogP contribution in [0.25, 0.3) is 0 Å². The number of nitrogens with one attached hydrogen (secondary N) is 1. The second-order valence-corrected chi connectivity index (χ2v) is 5.72. The smallest absolute Gasteiger partial charge is 0.241 e. The molecular formula is C16H17ClN4O2. The number of anilines is 1. The van der Waals surface area contributed by atoms with Gasteiger partial charge in [0.05, 0.1) is 22.3 Å². The molecule has 0 spiro atoms. The molecule has 1 unspecified atom stereocenters. The van der Waals surface area contributed by atoms with E-state index in [1.807, 2.05) is 31.0 Å². The Morgan fingerprint density at radius 2 is 2.26 bits per heavy atom. The van der Waals surface area contributed by atoms with Gasteiger partial charge < -0.3 is 9.84 Å². The van der Waals surface area contributed by atoms with Crippen LogP contribution in [-0.4, -0.2) is 29.1 Å². The lowest BCUT2D eigenvalue weighted by Crippen LogP contribution is -2.39. The van der Waals surface area contributed by atoms with Crippen molar-refractivity contribution in [2.45, 2.75) is 26.4 Å². The van der Waals surface area contributed by atoms with E-state index in [2.05, 4.69) is 10.5 Å². The van der Waals surface area contributed by atoms with Gasteiger partial charge in [0.2, 0.25) is 5.91 Å². The Kier molecular flexibility index (Phi) is 5.37. The number of hydrogen-bond donors (Lipinski definition) is 1. The van der Waals surface area contributed by atoms with Crippen molar-refractivity contribution >= 4 is 23.2 Å². The zero-order chi connectivity index (χ0) is 17.0. The Morgan fingerprint density at radius 1 is 1.52 bits per heavy atom. The second-order valence-electron chi connectivity index (χ2n) is 5.32. The summed E-state index contributed by atoms with van der Waals surface area (Å²) in [5.74, 6) is 0.561. The number of halogens is 1. The zero-order valence-electron chi connectivity index (χ0n) is 13.1. The van der Waals surface area contributed by atoms with Crippen LogP contribution < -0.4 is 5.32 Å². The molecule has 0 aliphatic carbocycles. The quantitative estimate of drug-likeness (QED) is 0.910. The molecule has 23 heavy (non-hydrogen) atoms. The van der Waals surface area contributed by atoms with E-state index >= 15 is 0 Å². The Balaban J connectivity index is 1.99. The molecule has 0 bridgehead atoms. The molecule has 0 saturated heterocycles. The van der Waals surface area contributed by atoms with Crippen molar-refractivity contribution in [1.29, 1.82) is 5.26 Å². The SMILES string of the molecule is Cc1cc(CN(C)C(C)C(=O)Nc2ccc(C#N)c(Cl)c2)no1. The highest BCUT2D eigenvalue weighted by Gasteiger charge is 2.19. The van der Waals surface area contributed by atoms with Crippen LogP contribution in [0.2, 0.25) is 5.02 Å². The van der Waals surface area contributed by atoms with E-state index in [-0.39, 0.29) is 11.9 Å². The van der Waals surface area contributed by atoms with Gasteiger partial charge >= 0.3 is 0 Å². The number of aromatic nitrogens is 1. The predicted octanol–water partition coefficient (Wildman–Crippen LogP) is 2.97. The molecule has 0 radical (unpaired) electrons. The topological polar surface area (TPSA) is 82.2 Å². The summed E-state index contributed by atoms with van der Waals surface area (Å²) < 4.78 is 5.02. The molecule has 120 valence electrons. The third-order valence-corrected chi connectivity index (χ3v) is 3.80. The van der Waals surface area contributed by atoms with E-state index < -0.39 is 0 Å². The van der Waals surface area contributed by atoms with Gasteiger partial charge in [0.25, 0.3) is 0 Å². The Hall–Kier alpha value is -2.36. The Labute approximate surface area is 139 Å². The predicted molar refractivity (Wildman–Crippen MR) is 87.0 cm³/mol. The van der Waals surface area contributed by atoms with Gasteiger partial charge in [-0.25, -0.2) is 0 Å². The van der Waals surface area contributed by atoms with Gasteiger partial charge in [-0.1, -0.05) is 16.8 Å². The van der Waals surface area contributed by atoms with Gasteiger partial charge in [0.1, 0.15) is 11.8 Å². The molecule has 2 aromatic rings. The molecule has 0 aliphatic rings. The fourth-order valence-corrected chi connectivity index (χ4v) is 2.24. The number of rotatable bonds is 5. The molecule has 6 nitrogen and oxygen atoms in total. The van der Waals surface area contributed by atoms with Crippen LogP contribution in [0.4, 0.5) is 5.69 Å². The molecule has 2 rings (SSSR count). The number of carbonyl (C=O) groups is 1. The number of hydrogen-bond acceptors (Lipinski definition) is 5. The molecule has 1 heterocycles. The fraction of sp³-hybridized carbons (Fsp3) is 0.312. The summed E-state index contributed by atoms with van der Waals surface area (Å²) in [4.78, 5) is 14.2. The van der Waals surface area contributed by atoms with E-state index in [1.54, 1.807) is 25.1 Å². The van der Waals surface area contributed by atoms with Crippen LogP contribution >= 0.6 is 11.6 Å². The van der Waals surface area contributed by atoms with Gasteiger partial charge in [-0.3, -0.25) is 9.69 Å².